The number of carbonyl (C=O) groups is 1. The quantitative estimate of drug-likeness (QED) is 0.689. The van der Waals surface area contributed by atoms with Crippen LogP contribution >= 0.6 is 15.9 Å². The fourth-order valence-electron chi connectivity index (χ4n) is 2.85. The van der Waals surface area contributed by atoms with E-state index >= 15 is 0 Å². The van der Waals surface area contributed by atoms with E-state index in [1.165, 1.54) is 5.56 Å². The Hall–Kier alpha value is -2.27. The number of methoxy groups -OCH3 is 1. The summed E-state index contributed by atoms with van der Waals surface area (Å²) in [5, 5.41) is 4.13. The third-order valence-corrected chi connectivity index (χ3v) is 4.80. The predicted octanol–water partition coefficient (Wildman–Crippen LogP) is 4.22. The maximum atomic E-state index is 12.3. The number of halogens is 1. The number of aromatic nitrogens is 1. The van der Waals surface area contributed by atoms with Gasteiger partial charge in [-0.2, -0.15) is 0 Å². The first-order chi connectivity index (χ1) is 11.6. The van der Waals surface area contributed by atoms with Gasteiger partial charge < -0.3 is 15.0 Å². The summed E-state index contributed by atoms with van der Waals surface area (Å²) in [6.45, 7) is 2.63. The Kier molecular flexibility index (Phi) is 4.90. The average molecular weight is 387 g/mol. The van der Waals surface area contributed by atoms with Crippen LogP contribution in [-0.2, 0) is 6.42 Å². The summed E-state index contributed by atoms with van der Waals surface area (Å²) < 4.78 is 6.11. The number of benzene rings is 2. The van der Waals surface area contributed by atoms with Crippen LogP contribution < -0.4 is 10.1 Å². The number of fused-ring (bicyclic) bond motifs is 1. The molecule has 0 atom stereocenters. The molecule has 0 unspecified atom stereocenters. The molecule has 0 saturated heterocycles. The molecule has 0 aliphatic heterocycles. The van der Waals surface area contributed by atoms with E-state index in [0.29, 0.717) is 12.1 Å². The van der Waals surface area contributed by atoms with Crippen molar-refractivity contribution in [3.63, 3.8) is 0 Å². The zero-order valence-electron chi connectivity index (χ0n) is 13.7. The molecular weight excluding hydrogens is 368 g/mol. The van der Waals surface area contributed by atoms with Crippen molar-refractivity contribution >= 4 is 32.7 Å². The minimum absolute atomic E-state index is 0.0717. The van der Waals surface area contributed by atoms with Crippen LogP contribution in [0.4, 0.5) is 0 Å². The molecule has 1 aromatic heterocycles. The zero-order valence-corrected chi connectivity index (χ0v) is 15.2. The van der Waals surface area contributed by atoms with Crippen molar-refractivity contribution in [3.8, 4) is 5.75 Å². The van der Waals surface area contributed by atoms with Gasteiger partial charge in [0.05, 0.1) is 12.7 Å². The monoisotopic (exact) mass is 386 g/mol. The van der Waals surface area contributed by atoms with E-state index in [1.807, 2.05) is 36.4 Å². The number of amides is 1. The molecule has 0 bridgehead atoms. The number of aromatic amines is 1. The van der Waals surface area contributed by atoms with E-state index in [-0.39, 0.29) is 5.91 Å². The summed E-state index contributed by atoms with van der Waals surface area (Å²) in [5.41, 5.74) is 4.06. The van der Waals surface area contributed by atoms with E-state index in [0.717, 1.165) is 33.2 Å². The topological polar surface area (TPSA) is 54.1 Å². The number of hydrogen-bond acceptors (Lipinski definition) is 2. The molecule has 0 spiro atoms. The molecule has 1 amide bonds. The third-order valence-electron chi connectivity index (χ3n) is 4.11. The number of rotatable bonds is 5. The van der Waals surface area contributed by atoms with Crippen molar-refractivity contribution in [2.24, 2.45) is 0 Å². The molecule has 24 heavy (non-hydrogen) atoms. The van der Waals surface area contributed by atoms with Gasteiger partial charge >= 0.3 is 0 Å². The van der Waals surface area contributed by atoms with Gasteiger partial charge in [-0.3, -0.25) is 4.79 Å². The van der Waals surface area contributed by atoms with Crippen LogP contribution in [-0.4, -0.2) is 24.5 Å². The number of nitrogens with one attached hydrogen (secondary N) is 2. The lowest BCUT2D eigenvalue weighted by Gasteiger charge is -2.07. The summed E-state index contributed by atoms with van der Waals surface area (Å²) >= 11 is 3.41. The normalized spacial score (nSPS) is 10.8. The number of carbonyl (C=O) groups excluding carboxylic acids is 1. The second-order valence-corrected chi connectivity index (χ2v) is 6.48. The Morgan fingerprint density at radius 2 is 2.04 bits per heavy atom. The maximum absolute atomic E-state index is 12.3. The van der Waals surface area contributed by atoms with Crippen molar-refractivity contribution in [2.45, 2.75) is 13.3 Å². The molecule has 5 heteroatoms. The summed E-state index contributed by atoms with van der Waals surface area (Å²) in [6, 6.07) is 13.4. The van der Waals surface area contributed by atoms with Crippen molar-refractivity contribution in [1.82, 2.24) is 10.3 Å². The van der Waals surface area contributed by atoms with E-state index in [9.17, 15) is 4.79 Å². The van der Waals surface area contributed by atoms with Crippen LogP contribution in [0.1, 0.15) is 21.6 Å². The first-order valence-corrected chi connectivity index (χ1v) is 8.57. The highest BCUT2D eigenvalue weighted by atomic mass is 79.9. The molecule has 4 nitrogen and oxygen atoms in total. The Bertz CT molecular complexity index is 886. The predicted molar refractivity (Wildman–Crippen MR) is 99.8 cm³/mol. The van der Waals surface area contributed by atoms with E-state index in [1.54, 1.807) is 13.2 Å². The number of hydrogen-bond donors (Lipinski definition) is 2. The number of aryl methyl sites for hydroxylation is 1. The Morgan fingerprint density at radius 3 is 2.79 bits per heavy atom. The number of ether oxygens (including phenoxy) is 1. The molecule has 2 aromatic carbocycles. The van der Waals surface area contributed by atoms with Crippen LogP contribution in [0.2, 0.25) is 0 Å². The van der Waals surface area contributed by atoms with Gasteiger partial charge in [-0.05, 0) is 65.2 Å². The van der Waals surface area contributed by atoms with Gasteiger partial charge in [0.1, 0.15) is 5.75 Å². The molecule has 0 radical (unpaired) electrons. The van der Waals surface area contributed by atoms with Crippen LogP contribution in [0.3, 0.4) is 0 Å². The molecule has 124 valence electrons. The smallest absolute Gasteiger partial charge is 0.252 e. The Labute approximate surface area is 149 Å². The Balaban J connectivity index is 1.73. The lowest BCUT2D eigenvalue weighted by Crippen LogP contribution is -2.26. The largest absolute Gasteiger partial charge is 0.497 e. The van der Waals surface area contributed by atoms with Crippen molar-refractivity contribution in [1.29, 1.82) is 0 Å². The summed E-state index contributed by atoms with van der Waals surface area (Å²) in [7, 11) is 1.66. The van der Waals surface area contributed by atoms with E-state index < -0.39 is 0 Å². The summed E-state index contributed by atoms with van der Waals surface area (Å²) in [4.78, 5) is 15.7. The van der Waals surface area contributed by atoms with E-state index in [2.05, 4.69) is 33.2 Å². The van der Waals surface area contributed by atoms with E-state index in [4.69, 9.17) is 4.74 Å². The molecule has 3 rings (SSSR count). The standard InChI is InChI=1S/C19H19BrN2O2/c1-12-14(16-11-13(24-2)7-8-18(16)22-12)9-10-21-19(23)15-5-3-4-6-17(15)20/h3-8,11,22H,9-10H2,1-2H3,(H,21,23). The zero-order chi connectivity index (χ0) is 17.1. The second-order valence-electron chi connectivity index (χ2n) is 5.63. The lowest BCUT2D eigenvalue weighted by molar-refractivity contribution is 0.0953. The summed E-state index contributed by atoms with van der Waals surface area (Å²) in [6.07, 6.45) is 0.759. The van der Waals surface area contributed by atoms with Crippen molar-refractivity contribution < 1.29 is 9.53 Å². The van der Waals surface area contributed by atoms with Crippen molar-refractivity contribution in [3.05, 3.63) is 63.8 Å². The molecule has 2 N–H and O–H groups in total. The van der Waals surface area contributed by atoms with Crippen LogP contribution in [0, 0.1) is 6.92 Å². The second kappa shape index (κ2) is 7.09. The van der Waals surface area contributed by atoms with Crippen LogP contribution in [0.5, 0.6) is 5.75 Å². The van der Waals surface area contributed by atoms with Gasteiger partial charge in [0.25, 0.3) is 5.91 Å². The lowest BCUT2D eigenvalue weighted by atomic mass is 10.1. The van der Waals surface area contributed by atoms with Gasteiger partial charge in [-0.1, -0.05) is 12.1 Å². The maximum Gasteiger partial charge on any atom is 0.252 e. The highest BCUT2D eigenvalue weighted by Gasteiger charge is 2.12. The highest BCUT2D eigenvalue weighted by molar-refractivity contribution is 9.10. The summed E-state index contributed by atoms with van der Waals surface area (Å²) in [5.74, 6) is 0.762. The molecule has 0 aliphatic rings. The molecular formula is C19H19BrN2O2. The molecule has 1 heterocycles. The first kappa shape index (κ1) is 16.6. The first-order valence-electron chi connectivity index (χ1n) is 7.78. The highest BCUT2D eigenvalue weighted by Crippen LogP contribution is 2.26. The van der Waals surface area contributed by atoms with Gasteiger partial charge in [0, 0.05) is 27.6 Å². The SMILES string of the molecule is COc1ccc2[nH]c(C)c(CCNC(=O)c3ccccc3Br)c2c1. The minimum atomic E-state index is -0.0717. The molecule has 3 aromatic rings. The van der Waals surface area contributed by atoms with Gasteiger partial charge in [0.2, 0.25) is 0 Å². The molecule has 0 aliphatic carbocycles. The molecule has 0 saturated carbocycles. The number of H-pyrrole nitrogens is 1. The fourth-order valence-corrected chi connectivity index (χ4v) is 3.32. The van der Waals surface area contributed by atoms with Gasteiger partial charge in [0.15, 0.2) is 0 Å². The minimum Gasteiger partial charge on any atom is -0.497 e. The van der Waals surface area contributed by atoms with Crippen molar-refractivity contribution in [2.75, 3.05) is 13.7 Å². The van der Waals surface area contributed by atoms with Gasteiger partial charge in [-0.25, -0.2) is 0 Å². The van der Waals surface area contributed by atoms with Gasteiger partial charge in [-0.15, -0.1) is 0 Å². The average Bonchev–Trinajstić information content (AvgIpc) is 2.90. The third kappa shape index (κ3) is 3.31. The fraction of sp³-hybridized carbons (Fsp3) is 0.211. The molecule has 0 fully saturated rings. The Morgan fingerprint density at radius 1 is 1.25 bits per heavy atom. The van der Waals surface area contributed by atoms with Crippen LogP contribution in [0.25, 0.3) is 10.9 Å². The van der Waals surface area contributed by atoms with Crippen LogP contribution in [0.15, 0.2) is 46.9 Å².